The van der Waals surface area contributed by atoms with Gasteiger partial charge in [-0.1, -0.05) is 0 Å². The molecule has 4 N–H and O–H groups in total. The molecule has 6 nitrogen and oxygen atoms in total. The summed E-state index contributed by atoms with van der Waals surface area (Å²) < 4.78 is 0. The van der Waals surface area contributed by atoms with E-state index in [9.17, 15) is 14.7 Å². The second kappa shape index (κ2) is 5.46. The Morgan fingerprint density at radius 3 is 2.00 bits per heavy atom. The first kappa shape index (κ1) is 15.9. The van der Waals surface area contributed by atoms with Crippen LogP contribution in [0.1, 0.15) is 34.6 Å². The molecule has 0 saturated heterocycles. The molecular formula is C11H23N3O3. The number of hydrogen-bond acceptors (Lipinski definition) is 4. The van der Waals surface area contributed by atoms with Crippen molar-refractivity contribution >= 4 is 11.9 Å². The number of rotatable bonds is 4. The van der Waals surface area contributed by atoms with E-state index in [1.54, 1.807) is 34.6 Å². The van der Waals surface area contributed by atoms with E-state index in [0.717, 1.165) is 0 Å². The first-order valence-electron chi connectivity index (χ1n) is 5.54. The molecular weight excluding hydrogens is 222 g/mol. The van der Waals surface area contributed by atoms with E-state index < -0.39 is 29.1 Å². The quantitative estimate of drug-likeness (QED) is 0.560. The van der Waals surface area contributed by atoms with Crippen molar-refractivity contribution in [2.45, 2.75) is 51.8 Å². The Hall–Kier alpha value is -1.14. The number of carbonyl (C=O) groups is 2. The van der Waals surface area contributed by atoms with Crippen molar-refractivity contribution < 1.29 is 14.7 Å². The maximum Gasteiger partial charge on any atom is 0.321 e. The van der Waals surface area contributed by atoms with Gasteiger partial charge >= 0.3 is 6.03 Å². The Morgan fingerprint density at radius 2 is 1.65 bits per heavy atom. The summed E-state index contributed by atoms with van der Waals surface area (Å²) in [4.78, 5) is 22.6. The van der Waals surface area contributed by atoms with Crippen LogP contribution in [-0.4, -0.2) is 41.3 Å². The highest BCUT2D eigenvalue weighted by molar-refractivity contribution is 5.96. The SMILES string of the molecule is CNC(=O)NC(=O)C(C)NC(C)(C)C(C)(C)O. The van der Waals surface area contributed by atoms with Crippen molar-refractivity contribution in [3.8, 4) is 0 Å². The van der Waals surface area contributed by atoms with E-state index in [-0.39, 0.29) is 0 Å². The van der Waals surface area contributed by atoms with Gasteiger partial charge in [-0.15, -0.1) is 0 Å². The number of urea groups is 1. The lowest BCUT2D eigenvalue weighted by atomic mass is 9.85. The molecule has 1 unspecified atom stereocenters. The summed E-state index contributed by atoms with van der Waals surface area (Å²) in [6, 6.07) is -1.14. The van der Waals surface area contributed by atoms with Gasteiger partial charge in [-0.3, -0.25) is 15.4 Å². The number of amides is 3. The minimum atomic E-state index is -0.992. The number of nitrogens with one attached hydrogen (secondary N) is 3. The molecule has 0 heterocycles. The van der Waals surface area contributed by atoms with Crippen molar-refractivity contribution in [2.24, 2.45) is 0 Å². The molecule has 0 aromatic heterocycles. The lowest BCUT2D eigenvalue weighted by molar-refractivity contribution is -0.123. The number of carbonyl (C=O) groups excluding carboxylic acids is 2. The summed E-state index contributed by atoms with van der Waals surface area (Å²) in [5.41, 5.74) is -1.65. The summed E-state index contributed by atoms with van der Waals surface area (Å²) in [6.07, 6.45) is 0. The van der Waals surface area contributed by atoms with Gasteiger partial charge in [0.15, 0.2) is 0 Å². The molecule has 0 saturated carbocycles. The monoisotopic (exact) mass is 245 g/mol. The molecule has 0 spiro atoms. The highest BCUT2D eigenvalue weighted by Crippen LogP contribution is 2.20. The van der Waals surface area contributed by atoms with E-state index in [0.29, 0.717) is 0 Å². The smallest absolute Gasteiger partial charge is 0.321 e. The zero-order valence-corrected chi connectivity index (χ0v) is 11.3. The van der Waals surface area contributed by atoms with Gasteiger partial charge in [0.25, 0.3) is 0 Å². The third-order valence-electron chi connectivity index (χ3n) is 2.96. The minimum absolute atomic E-state index is 0.443. The summed E-state index contributed by atoms with van der Waals surface area (Å²) in [5.74, 6) is -0.443. The summed E-state index contributed by atoms with van der Waals surface area (Å²) >= 11 is 0. The van der Waals surface area contributed by atoms with Crippen LogP contribution in [0.5, 0.6) is 0 Å². The van der Waals surface area contributed by atoms with Gasteiger partial charge in [-0.05, 0) is 34.6 Å². The maximum absolute atomic E-state index is 11.6. The summed E-state index contributed by atoms with van der Waals surface area (Å²) in [7, 11) is 1.43. The van der Waals surface area contributed by atoms with E-state index in [1.807, 2.05) is 0 Å². The Kier molecular flexibility index (Phi) is 5.10. The lowest BCUT2D eigenvalue weighted by Crippen LogP contribution is -2.61. The maximum atomic E-state index is 11.6. The standard InChI is InChI=1S/C11H23N3O3/c1-7(8(15)13-9(16)12-6)14-10(2,3)11(4,5)17/h7,14,17H,1-6H3,(H2,12,13,15,16). The van der Waals surface area contributed by atoms with Gasteiger partial charge in [0, 0.05) is 12.6 Å². The van der Waals surface area contributed by atoms with Crippen LogP contribution in [0.4, 0.5) is 4.79 Å². The summed E-state index contributed by atoms with van der Waals surface area (Å²) in [5, 5.41) is 17.4. The Labute approximate surface area is 102 Å². The van der Waals surface area contributed by atoms with E-state index >= 15 is 0 Å². The Balaban J connectivity index is 4.50. The fraction of sp³-hybridized carbons (Fsp3) is 0.818. The topological polar surface area (TPSA) is 90.5 Å². The van der Waals surface area contributed by atoms with Crippen molar-refractivity contribution in [1.82, 2.24) is 16.0 Å². The molecule has 0 bridgehead atoms. The molecule has 6 heteroatoms. The van der Waals surface area contributed by atoms with Crippen LogP contribution < -0.4 is 16.0 Å². The zero-order chi connectivity index (χ0) is 13.9. The molecule has 0 rings (SSSR count). The molecule has 1 atom stereocenters. The molecule has 3 amide bonds. The second-order valence-corrected chi connectivity index (χ2v) is 5.12. The number of imide groups is 1. The first-order valence-corrected chi connectivity index (χ1v) is 5.54. The van der Waals surface area contributed by atoms with Crippen LogP contribution in [0.25, 0.3) is 0 Å². The van der Waals surface area contributed by atoms with Crippen molar-refractivity contribution in [3.63, 3.8) is 0 Å². The van der Waals surface area contributed by atoms with Gasteiger partial charge in [-0.2, -0.15) is 0 Å². The van der Waals surface area contributed by atoms with E-state index in [1.165, 1.54) is 7.05 Å². The highest BCUT2D eigenvalue weighted by Gasteiger charge is 2.37. The fourth-order valence-electron chi connectivity index (χ4n) is 1.07. The van der Waals surface area contributed by atoms with Gasteiger partial charge in [-0.25, -0.2) is 4.79 Å². The predicted octanol–water partition coefficient (Wildman–Crippen LogP) is -0.0304. The van der Waals surface area contributed by atoms with Crippen LogP contribution in [0.2, 0.25) is 0 Å². The fourth-order valence-corrected chi connectivity index (χ4v) is 1.07. The van der Waals surface area contributed by atoms with Crippen LogP contribution in [-0.2, 0) is 4.79 Å². The number of aliphatic hydroxyl groups is 1. The molecule has 0 aliphatic rings. The molecule has 0 fully saturated rings. The van der Waals surface area contributed by atoms with Crippen LogP contribution in [0, 0.1) is 0 Å². The Bertz CT molecular complexity index is 295. The van der Waals surface area contributed by atoms with Gasteiger partial charge < -0.3 is 10.4 Å². The molecule has 0 aromatic rings. The summed E-state index contributed by atoms with van der Waals surface area (Å²) in [6.45, 7) is 8.52. The Morgan fingerprint density at radius 1 is 1.18 bits per heavy atom. The van der Waals surface area contributed by atoms with Gasteiger partial charge in [0.05, 0.1) is 11.6 Å². The van der Waals surface area contributed by atoms with Crippen LogP contribution >= 0.6 is 0 Å². The highest BCUT2D eigenvalue weighted by atomic mass is 16.3. The predicted molar refractivity (Wildman–Crippen MR) is 65.6 cm³/mol. The average Bonchev–Trinajstić information content (AvgIpc) is 2.14. The molecule has 0 radical (unpaired) electrons. The van der Waals surface area contributed by atoms with Gasteiger partial charge in [0.1, 0.15) is 0 Å². The molecule has 0 aromatic carbocycles. The lowest BCUT2D eigenvalue weighted by Gasteiger charge is -2.39. The van der Waals surface area contributed by atoms with E-state index in [4.69, 9.17) is 0 Å². The van der Waals surface area contributed by atoms with E-state index in [2.05, 4.69) is 16.0 Å². The third-order valence-corrected chi connectivity index (χ3v) is 2.96. The van der Waals surface area contributed by atoms with Crippen molar-refractivity contribution in [3.05, 3.63) is 0 Å². The van der Waals surface area contributed by atoms with Crippen LogP contribution in [0.3, 0.4) is 0 Å². The van der Waals surface area contributed by atoms with Crippen LogP contribution in [0.15, 0.2) is 0 Å². The van der Waals surface area contributed by atoms with Gasteiger partial charge in [0.2, 0.25) is 5.91 Å². The molecule has 100 valence electrons. The third kappa shape index (κ3) is 4.70. The minimum Gasteiger partial charge on any atom is -0.389 e. The second-order valence-electron chi connectivity index (χ2n) is 5.12. The molecule has 17 heavy (non-hydrogen) atoms. The normalized spacial score (nSPS) is 14.1. The number of hydrogen-bond donors (Lipinski definition) is 4. The largest absolute Gasteiger partial charge is 0.389 e. The van der Waals surface area contributed by atoms with Crippen molar-refractivity contribution in [2.75, 3.05) is 7.05 Å². The average molecular weight is 245 g/mol. The molecule has 0 aliphatic carbocycles. The zero-order valence-electron chi connectivity index (χ0n) is 11.3. The van der Waals surface area contributed by atoms with Crippen molar-refractivity contribution in [1.29, 1.82) is 0 Å². The first-order chi connectivity index (χ1) is 7.51. The molecule has 0 aliphatic heterocycles.